The molecule has 4 rings (SSSR count). The van der Waals surface area contributed by atoms with Crippen LogP contribution in [-0.2, 0) is 11.3 Å². The fraction of sp³-hybridized carbons (Fsp3) is 0.400. The maximum atomic E-state index is 12.7. The van der Waals surface area contributed by atoms with Gasteiger partial charge in [0.1, 0.15) is 11.6 Å². The molecule has 1 aliphatic heterocycles. The number of carbonyl (C=O) groups excluding carboxylic acids is 1. The average molecular weight is 466 g/mol. The molecule has 1 atom stereocenters. The Morgan fingerprint density at radius 3 is 2.67 bits per heavy atom. The number of ether oxygens (including phenoxy) is 1. The van der Waals surface area contributed by atoms with Gasteiger partial charge in [-0.15, -0.1) is 10.2 Å². The first-order valence-electron chi connectivity index (χ1n) is 11.4. The summed E-state index contributed by atoms with van der Waals surface area (Å²) in [6.45, 7) is 5.30. The van der Waals surface area contributed by atoms with E-state index < -0.39 is 0 Å². The summed E-state index contributed by atoms with van der Waals surface area (Å²) >= 11 is 1.42. The number of aromatic nitrogens is 3. The molecule has 0 radical (unpaired) electrons. The molecule has 3 aromatic rings. The Morgan fingerprint density at radius 2 is 1.91 bits per heavy atom. The summed E-state index contributed by atoms with van der Waals surface area (Å²) in [5.41, 5.74) is 2.35. The zero-order valence-electron chi connectivity index (χ0n) is 19.2. The minimum Gasteiger partial charge on any atom is -0.497 e. The van der Waals surface area contributed by atoms with Gasteiger partial charge in [0, 0.05) is 6.54 Å². The van der Waals surface area contributed by atoms with Crippen molar-refractivity contribution in [1.29, 1.82) is 0 Å². The van der Waals surface area contributed by atoms with Gasteiger partial charge in [-0.3, -0.25) is 9.69 Å². The molecule has 0 saturated carbocycles. The van der Waals surface area contributed by atoms with Crippen molar-refractivity contribution in [3.05, 3.63) is 71.5 Å². The maximum absolute atomic E-state index is 12.7. The van der Waals surface area contributed by atoms with E-state index in [0.29, 0.717) is 18.8 Å². The minimum absolute atomic E-state index is 0.000919. The predicted octanol–water partition coefficient (Wildman–Crippen LogP) is 3.69. The lowest BCUT2D eigenvalue weighted by Gasteiger charge is -2.28. The highest BCUT2D eigenvalue weighted by Crippen LogP contribution is 2.27. The molecule has 1 aliphatic rings. The number of carbonyl (C=O) groups is 1. The standard InChI is InChI=1S/C25H31N5O2S/c1-19-27-28-25(30(19)17-20-9-4-3-5-10-20)33-18-24(31)26-16-23(29-13-6-7-14-29)21-11-8-12-22(15-21)32-2/h3-5,8-12,15,23H,6-7,13-14,16-18H2,1-2H3,(H,26,31). The molecule has 2 heterocycles. The van der Waals surface area contributed by atoms with Gasteiger partial charge in [-0.1, -0.05) is 54.2 Å². The van der Waals surface area contributed by atoms with Crippen LogP contribution in [0.4, 0.5) is 0 Å². The predicted molar refractivity (Wildman–Crippen MR) is 131 cm³/mol. The largest absolute Gasteiger partial charge is 0.497 e. The number of rotatable bonds is 10. The van der Waals surface area contributed by atoms with Crippen molar-refractivity contribution >= 4 is 17.7 Å². The van der Waals surface area contributed by atoms with Crippen molar-refractivity contribution in [3.8, 4) is 5.75 Å². The summed E-state index contributed by atoms with van der Waals surface area (Å²) < 4.78 is 7.46. The van der Waals surface area contributed by atoms with Crippen LogP contribution in [-0.4, -0.2) is 58.1 Å². The molecule has 0 bridgehead atoms. The van der Waals surface area contributed by atoms with Gasteiger partial charge in [-0.25, -0.2) is 0 Å². The van der Waals surface area contributed by atoms with Crippen LogP contribution in [0.25, 0.3) is 0 Å². The summed E-state index contributed by atoms with van der Waals surface area (Å²) in [6.07, 6.45) is 2.39. The third kappa shape index (κ3) is 6.15. The van der Waals surface area contributed by atoms with Gasteiger partial charge >= 0.3 is 0 Å². The lowest BCUT2D eigenvalue weighted by atomic mass is 10.0. The molecule has 174 valence electrons. The number of nitrogens with zero attached hydrogens (tertiary/aromatic N) is 4. The van der Waals surface area contributed by atoms with Crippen molar-refractivity contribution in [2.45, 2.75) is 37.5 Å². The van der Waals surface area contributed by atoms with E-state index in [2.05, 4.69) is 49.2 Å². The normalized spacial score (nSPS) is 14.8. The zero-order valence-corrected chi connectivity index (χ0v) is 20.1. The first-order valence-corrected chi connectivity index (χ1v) is 12.3. The van der Waals surface area contributed by atoms with Gasteiger partial charge in [0.25, 0.3) is 0 Å². The number of thioether (sulfide) groups is 1. The van der Waals surface area contributed by atoms with E-state index in [4.69, 9.17) is 4.74 Å². The summed E-state index contributed by atoms with van der Waals surface area (Å²) in [5, 5.41) is 12.4. The molecular weight excluding hydrogens is 434 g/mol. The molecule has 1 saturated heterocycles. The highest BCUT2D eigenvalue weighted by Gasteiger charge is 2.24. The second-order valence-corrected chi connectivity index (χ2v) is 9.17. The minimum atomic E-state index is -0.000919. The summed E-state index contributed by atoms with van der Waals surface area (Å²) in [4.78, 5) is 15.2. The lowest BCUT2D eigenvalue weighted by Crippen LogP contribution is -2.37. The molecule has 33 heavy (non-hydrogen) atoms. The van der Waals surface area contributed by atoms with Crippen LogP contribution in [0.5, 0.6) is 5.75 Å². The average Bonchev–Trinajstić information content (AvgIpc) is 3.49. The SMILES string of the molecule is COc1cccc(C(CNC(=O)CSc2nnc(C)n2Cc2ccccc2)N2CCCC2)c1. The van der Waals surface area contributed by atoms with Gasteiger partial charge in [0.2, 0.25) is 5.91 Å². The Bertz CT molecular complexity index is 1050. The van der Waals surface area contributed by atoms with Gasteiger partial charge < -0.3 is 14.6 Å². The Balaban J connectivity index is 1.36. The summed E-state index contributed by atoms with van der Waals surface area (Å²) in [7, 11) is 1.68. The molecule has 1 N–H and O–H groups in total. The number of likely N-dealkylation sites (tertiary alicyclic amines) is 1. The van der Waals surface area contributed by atoms with Gasteiger partial charge in [0.05, 0.1) is 25.4 Å². The molecule has 7 nitrogen and oxygen atoms in total. The Morgan fingerprint density at radius 1 is 1.12 bits per heavy atom. The zero-order chi connectivity index (χ0) is 23.0. The molecule has 2 aromatic carbocycles. The van der Waals surface area contributed by atoms with Crippen LogP contribution in [0.1, 0.15) is 35.8 Å². The van der Waals surface area contributed by atoms with E-state index >= 15 is 0 Å². The lowest BCUT2D eigenvalue weighted by molar-refractivity contribution is -0.118. The van der Waals surface area contributed by atoms with Crippen molar-refractivity contribution < 1.29 is 9.53 Å². The first kappa shape index (κ1) is 23.3. The molecule has 8 heteroatoms. The van der Waals surface area contributed by atoms with Crippen LogP contribution in [0.15, 0.2) is 59.8 Å². The fourth-order valence-corrected chi connectivity index (χ4v) is 4.98. The first-order chi connectivity index (χ1) is 16.1. The third-order valence-corrected chi connectivity index (χ3v) is 6.94. The highest BCUT2D eigenvalue weighted by atomic mass is 32.2. The smallest absolute Gasteiger partial charge is 0.230 e. The Labute approximate surface area is 199 Å². The van der Waals surface area contributed by atoms with E-state index in [1.165, 1.54) is 35.7 Å². The molecule has 1 aromatic heterocycles. The van der Waals surface area contributed by atoms with Gasteiger partial charge in [-0.05, 0) is 56.1 Å². The molecule has 1 fully saturated rings. The van der Waals surface area contributed by atoms with E-state index in [0.717, 1.165) is 29.8 Å². The van der Waals surface area contributed by atoms with Crippen LogP contribution in [0.2, 0.25) is 0 Å². The Kier molecular flexibility index (Phi) is 8.01. The molecule has 1 amide bonds. The maximum Gasteiger partial charge on any atom is 0.230 e. The van der Waals surface area contributed by atoms with E-state index in [1.807, 2.05) is 37.3 Å². The summed E-state index contributed by atoms with van der Waals surface area (Å²) in [6, 6.07) is 18.5. The number of aryl methyl sites for hydroxylation is 1. The van der Waals surface area contributed by atoms with E-state index in [1.54, 1.807) is 7.11 Å². The van der Waals surface area contributed by atoms with Crippen LogP contribution >= 0.6 is 11.8 Å². The molecule has 0 aliphatic carbocycles. The van der Waals surface area contributed by atoms with Crippen molar-refractivity contribution in [1.82, 2.24) is 25.0 Å². The Hall–Kier alpha value is -2.84. The topological polar surface area (TPSA) is 72.3 Å². The molecule has 0 spiro atoms. The number of nitrogens with one attached hydrogen (secondary N) is 1. The van der Waals surface area contributed by atoms with E-state index in [9.17, 15) is 4.79 Å². The quantitative estimate of drug-likeness (QED) is 0.461. The van der Waals surface area contributed by atoms with Crippen LogP contribution < -0.4 is 10.1 Å². The second kappa shape index (κ2) is 11.3. The monoisotopic (exact) mass is 465 g/mol. The van der Waals surface area contributed by atoms with Gasteiger partial charge in [0.15, 0.2) is 5.16 Å². The van der Waals surface area contributed by atoms with Crippen LogP contribution in [0.3, 0.4) is 0 Å². The fourth-order valence-electron chi connectivity index (χ4n) is 4.17. The number of amides is 1. The van der Waals surface area contributed by atoms with Crippen molar-refractivity contribution in [3.63, 3.8) is 0 Å². The number of benzene rings is 2. The summed E-state index contributed by atoms with van der Waals surface area (Å²) in [5.74, 6) is 1.98. The molecular formula is C25H31N5O2S. The number of methoxy groups -OCH3 is 1. The van der Waals surface area contributed by atoms with Crippen molar-refractivity contribution in [2.24, 2.45) is 0 Å². The van der Waals surface area contributed by atoms with Crippen molar-refractivity contribution in [2.75, 3.05) is 32.5 Å². The van der Waals surface area contributed by atoms with Gasteiger partial charge in [-0.2, -0.15) is 0 Å². The van der Waals surface area contributed by atoms with E-state index in [-0.39, 0.29) is 11.9 Å². The number of hydrogen-bond donors (Lipinski definition) is 1. The second-order valence-electron chi connectivity index (χ2n) is 8.23. The van der Waals surface area contributed by atoms with Crippen LogP contribution in [0, 0.1) is 6.92 Å². The molecule has 1 unspecified atom stereocenters. The number of hydrogen-bond acceptors (Lipinski definition) is 6. The third-order valence-electron chi connectivity index (χ3n) is 5.97. The highest BCUT2D eigenvalue weighted by molar-refractivity contribution is 7.99.